The molecule has 8 heteroatoms. The third-order valence-electron chi connectivity index (χ3n) is 3.59. The Balaban J connectivity index is 1.63. The van der Waals surface area contributed by atoms with Crippen LogP contribution in [0, 0.1) is 0 Å². The molecule has 7 nitrogen and oxygen atoms in total. The maximum absolute atomic E-state index is 12.3. The Labute approximate surface area is 144 Å². The molecular formula is C16H20N4O3S. The van der Waals surface area contributed by atoms with Gasteiger partial charge in [-0.25, -0.2) is 4.98 Å². The van der Waals surface area contributed by atoms with Crippen molar-refractivity contribution in [2.24, 2.45) is 0 Å². The predicted octanol–water partition coefficient (Wildman–Crippen LogP) is 2.34. The van der Waals surface area contributed by atoms with Gasteiger partial charge in [-0.1, -0.05) is 6.92 Å². The van der Waals surface area contributed by atoms with E-state index < -0.39 is 0 Å². The van der Waals surface area contributed by atoms with Crippen molar-refractivity contribution in [3.63, 3.8) is 0 Å². The standard InChI is InChI=1S/C16H20N4O3S/c1-3-14-18-16(24-19-14)20(4-2)10-15(21)17-11-5-6-12-13(9-11)23-8-7-22-12/h5-6,9H,3-4,7-8,10H2,1-2H3,(H,17,21). The molecule has 1 aliphatic heterocycles. The number of nitrogens with one attached hydrogen (secondary N) is 1. The van der Waals surface area contributed by atoms with E-state index in [1.165, 1.54) is 11.5 Å². The number of carbonyl (C=O) groups excluding carboxylic acids is 1. The number of nitrogens with zero attached hydrogens (tertiary/aromatic N) is 3. The highest BCUT2D eigenvalue weighted by molar-refractivity contribution is 7.09. The lowest BCUT2D eigenvalue weighted by atomic mass is 10.2. The molecule has 0 saturated carbocycles. The molecule has 1 aromatic carbocycles. The lowest BCUT2D eigenvalue weighted by Crippen LogP contribution is -2.33. The van der Waals surface area contributed by atoms with Gasteiger partial charge in [-0.2, -0.15) is 4.37 Å². The van der Waals surface area contributed by atoms with Gasteiger partial charge in [0.15, 0.2) is 11.5 Å². The van der Waals surface area contributed by atoms with Crippen LogP contribution >= 0.6 is 11.5 Å². The maximum Gasteiger partial charge on any atom is 0.243 e. The van der Waals surface area contributed by atoms with Gasteiger partial charge in [0.2, 0.25) is 11.0 Å². The second kappa shape index (κ2) is 7.48. The maximum atomic E-state index is 12.3. The number of anilines is 2. The first-order valence-corrected chi connectivity index (χ1v) is 8.74. The monoisotopic (exact) mass is 348 g/mol. The number of ether oxygens (including phenoxy) is 2. The summed E-state index contributed by atoms with van der Waals surface area (Å²) in [6.45, 7) is 5.98. The zero-order valence-electron chi connectivity index (χ0n) is 13.7. The SMILES string of the molecule is CCc1nsc(N(CC)CC(=O)Nc2ccc3c(c2)OCCO3)n1. The van der Waals surface area contributed by atoms with Gasteiger partial charge in [0.1, 0.15) is 19.0 Å². The normalized spacial score (nSPS) is 12.8. The van der Waals surface area contributed by atoms with Gasteiger partial charge < -0.3 is 19.7 Å². The fraction of sp³-hybridized carbons (Fsp3) is 0.438. The molecule has 1 aliphatic rings. The van der Waals surface area contributed by atoms with Gasteiger partial charge >= 0.3 is 0 Å². The minimum Gasteiger partial charge on any atom is -0.486 e. The van der Waals surface area contributed by atoms with Crippen molar-refractivity contribution < 1.29 is 14.3 Å². The quantitative estimate of drug-likeness (QED) is 0.863. The molecule has 2 aromatic rings. The molecule has 3 rings (SSSR count). The van der Waals surface area contributed by atoms with E-state index in [0.29, 0.717) is 36.9 Å². The molecule has 0 fully saturated rings. The van der Waals surface area contributed by atoms with Crippen molar-refractivity contribution in [2.75, 3.05) is 36.5 Å². The minimum atomic E-state index is -0.109. The molecule has 0 bridgehead atoms. The third-order valence-corrected chi connectivity index (χ3v) is 4.40. The van der Waals surface area contributed by atoms with E-state index in [-0.39, 0.29) is 12.5 Å². The Hall–Kier alpha value is -2.35. The van der Waals surface area contributed by atoms with Gasteiger partial charge in [-0.05, 0) is 19.1 Å². The van der Waals surface area contributed by atoms with Crippen LogP contribution in [-0.2, 0) is 11.2 Å². The molecule has 2 heterocycles. The smallest absolute Gasteiger partial charge is 0.243 e. The third kappa shape index (κ3) is 3.76. The average Bonchev–Trinajstić information content (AvgIpc) is 3.08. The summed E-state index contributed by atoms with van der Waals surface area (Å²) in [5, 5.41) is 3.66. The lowest BCUT2D eigenvalue weighted by Gasteiger charge is -2.20. The Morgan fingerprint density at radius 1 is 1.29 bits per heavy atom. The van der Waals surface area contributed by atoms with Crippen LogP contribution in [0.25, 0.3) is 0 Å². The molecule has 0 radical (unpaired) electrons. The molecule has 1 amide bonds. The van der Waals surface area contributed by atoms with Crippen LogP contribution in [0.5, 0.6) is 11.5 Å². The first-order valence-electron chi connectivity index (χ1n) is 7.96. The lowest BCUT2D eigenvalue weighted by molar-refractivity contribution is -0.115. The second-order valence-electron chi connectivity index (χ2n) is 5.27. The van der Waals surface area contributed by atoms with Gasteiger partial charge in [0.25, 0.3) is 0 Å². The zero-order chi connectivity index (χ0) is 16.9. The van der Waals surface area contributed by atoms with Crippen molar-refractivity contribution in [1.29, 1.82) is 0 Å². The highest BCUT2D eigenvalue weighted by atomic mass is 32.1. The van der Waals surface area contributed by atoms with Crippen LogP contribution in [0.2, 0.25) is 0 Å². The van der Waals surface area contributed by atoms with Gasteiger partial charge in [-0.3, -0.25) is 4.79 Å². The van der Waals surface area contributed by atoms with Crippen LogP contribution in [0.4, 0.5) is 10.8 Å². The summed E-state index contributed by atoms with van der Waals surface area (Å²) in [7, 11) is 0. The summed E-state index contributed by atoms with van der Waals surface area (Å²) < 4.78 is 15.3. The largest absolute Gasteiger partial charge is 0.486 e. The highest BCUT2D eigenvalue weighted by Gasteiger charge is 2.16. The summed E-state index contributed by atoms with van der Waals surface area (Å²) in [6, 6.07) is 5.39. The molecule has 24 heavy (non-hydrogen) atoms. The van der Waals surface area contributed by atoms with Crippen LogP contribution in [0.3, 0.4) is 0 Å². The Morgan fingerprint density at radius 3 is 2.79 bits per heavy atom. The van der Waals surface area contributed by atoms with Gasteiger partial charge in [0.05, 0.1) is 6.54 Å². The Morgan fingerprint density at radius 2 is 2.08 bits per heavy atom. The summed E-state index contributed by atoms with van der Waals surface area (Å²) in [6.07, 6.45) is 0.789. The first kappa shape index (κ1) is 16.5. The number of hydrogen-bond acceptors (Lipinski definition) is 7. The number of benzene rings is 1. The zero-order valence-corrected chi connectivity index (χ0v) is 14.6. The number of fused-ring (bicyclic) bond motifs is 1. The molecule has 0 atom stereocenters. The predicted molar refractivity (Wildman–Crippen MR) is 93.2 cm³/mol. The van der Waals surface area contributed by atoms with E-state index in [1.807, 2.05) is 24.8 Å². The molecule has 0 aliphatic carbocycles. The summed E-state index contributed by atoms with van der Waals surface area (Å²) in [5.74, 6) is 2.06. The van der Waals surface area contributed by atoms with Gasteiger partial charge in [0, 0.05) is 36.3 Å². The van der Waals surface area contributed by atoms with Crippen LogP contribution in [-0.4, -0.2) is 41.6 Å². The molecule has 0 unspecified atom stereocenters. The second-order valence-corrected chi connectivity index (χ2v) is 6.00. The first-order chi connectivity index (χ1) is 11.7. The van der Waals surface area contributed by atoms with E-state index in [4.69, 9.17) is 9.47 Å². The molecular weight excluding hydrogens is 328 g/mol. The van der Waals surface area contributed by atoms with Crippen molar-refractivity contribution in [3.8, 4) is 11.5 Å². The molecule has 1 N–H and O–H groups in total. The van der Waals surface area contributed by atoms with Crippen molar-refractivity contribution in [2.45, 2.75) is 20.3 Å². The summed E-state index contributed by atoms with van der Waals surface area (Å²) in [5.41, 5.74) is 0.687. The summed E-state index contributed by atoms with van der Waals surface area (Å²) in [4.78, 5) is 18.7. The number of amides is 1. The Kier molecular flexibility index (Phi) is 5.14. The minimum absolute atomic E-state index is 0.109. The molecule has 0 saturated heterocycles. The molecule has 0 spiro atoms. The van der Waals surface area contributed by atoms with Crippen molar-refractivity contribution in [1.82, 2.24) is 9.36 Å². The van der Waals surface area contributed by atoms with Crippen LogP contribution < -0.4 is 19.7 Å². The number of hydrogen-bond donors (Lipinski definition) is 1. The fourth-order valence-corrected chi connectivity index (χ4v) is 3.14. The fourth-order valence-electron chi connectivity index (χ4n) is 2.33. The average molecular weight is 348 g/mol. The van der Waals surface area contributed by atoms with Gasteiger partial charge in [-0.15, -0.1) is 0 Å². The number of likely N-dealkylation sites (N-methyl/N-ethyl adjacent to an activating group) is 1. The topological polar surface area (TPSA) is 76.6 Å². The van der Waals surface area contributed by atoms with E-state index in [9.17, 15) is 4.79 Å². The number of aryl methyl sites for hydroxylation is 1. The summed E-state index contributed by atoms with van der Waals surface area (Å²) >= 11 is 1.32. The van der Waals surface area contributed by atoms with E-state index >= 15 is 0 Å². The number of carbonyl (C=O) groups is 1. The van der Waals surface area contributed by atoms with E-state index in [1.54, 1.807) is 12.1 Å². The highest BCUT2D eigenvalue weighted by Crippen LogP contribution is 2.32. The van der Waals surface area contributed by atoms with Crippen LogP contribution in [0.15, 0.2) is 18.2 Å². The van der Waals surface area contributed by atoms with E-state index in [0.717, 1.165) is 17.4 Å². The van der Waals surface area contributed by atoms with E-state index in [2.05, 4.69) is 14.7 Å². The number of aromatic nitrogens is 2. The van der Waals surface area contributed by atoms with Crippen molar-refractivity contribution in [3.05, 3.63) is 24.0 Å². The van der Waals surface area contributed by atoms with Crippen LogP contribution in [0.1, 0.15) is 19.7 Å². The molecule has 128 valence electrons. The van der Waals surface area contributed by atoms with Crippen molar-refractivity contribution >= 4 is 28.3 Å². The molecule has 1 aromatic heterocycles. The Bertz CT molecular complexity index is 719. The number of rotatable bonds is 6.